The van der Waals surface area contributed by atoms with E-state index in [0.29, 0.717) is 45.1 Å². The number of Topliss-reactive ketones (excluding diaryl/α,β-unsaturated/α-hetero) is 1. The number of likely N-dealkylation sites (tertiary alicyclic amines) is 1. The number of nitrogens with zero attached hydrogens (tertiary/aromatic N) is 2. The highest BCUT2D eigenvalue weighted by Gasteiger charge is 2.32. The average molecular weight is 276 g/mol. The van der Waals surface area contributed by atoms with Crippen LogP contribution in [0, 0.1) is 0 Å². The summed E-state index contributed by atoms with van der Waals surface area (Å²) in [6.07, 6.45) is 5.00. The van der Waals surface area contributed by atoms with Gasteiger partial charge < -0.3 is 9.32 Å². The molecular weight excluding hydrogens is 256 g/mol. The van der Waals surface area contributed by atoms with E-state index < -0.39 is 0 Å². The van der Waals surface area contributed by atoms with Crippen LogP contribution in [0.3, 0.4) is 0 Å². The molecule has 0 aromatic carbocycles. The molecule has 1 saturated carbocycles. The molecule has 5 heteroatoms. The van der Waals surface area contributed by atoms with Gasteiger partial charge in [0.15, 0.2) is 0 Å². The van der Waals surface area contributed by atoms with E-state index in [1.165, 1.54) is 0 Å². The highest BCUT2D eigenvalue weighted by molar-refractivity contribution is 5.84. The molecule has 0 radical (unpaired) electrons. The number of hydrogen-bond donors (Lipinski definition) is 0. The second kappa shape index (κ2) is 5.79. The van der Waals surface area contributed by atoms with Gasteiger partial charge in [0.1, 0.15) is 11.5 Å². The number of amides is 1. The molecule has 20 heavy (non-hydrogen) atoms. The molecule has 2 aliphatic rings. The lowest BCUT2D eigenvalue weighted by Gasteiger charge is -2.29. The molecule has 1 aliphatic heterocycles. The number of carbonyl (C=O) groups is 2. The van der Waals surface area contributed by atoms with Crippen molar-refractivity contribution >= 4 is 11.7 Å². The van der Waals surface area contributed by atoms with E-state index in [9.17, 15) is 9.59 Å². The second-order valence-electron chi connectivity index (χ2n) is 5.63. The van der Waals surface area contributed by atoms with Gasteiger partial charge in [0, 0.05) is 32.0 Å². The molecule has 0 N–H and O–H groups in total. The van der Waals surface area contributed by atoms with Gasteiger partial charge in [-0.15, -0.1) is 0 Å². The van der Waals surface area contributed by atoms with Crippen molar-refractivity contribution in [1.82, 2.24) is 9.80 Å². The summed E-state index contributed by atoms with van der Waals surface area (Å²) in [6, 6.07) is 4.33. The van der Waals surface area contributed by atoms with E-state index in [4.69, 9.17) is 4.42 Å². The maximum absolute atomic E-state index is 12.3. The zero-order valence-electron chi connectivity index (χ0n) is 11.6. The van der Waals surface area contributed by atoms with E-state index in [1.54, 1.807) is 6.26 Å². The topological polar surface area (TPSA) is 53.8 Å². The van der Waals surface area contributed by atoms with Gasteiger partial charge in [-0.05, 0) is 25.0 Å². The molecule has 1 aromatic rings. The molecule has 0 spiro atoms. The summed E-state index contributed by atoms with van der Waals surface area (Å²) >= 11 is 0. The largest absolute Gasteiger partial charge is 0.468 e. The van der Waals surface area contributed by atoms with Gasteiger partial charge in [0.25, 0.3) is 0 Å². The highest BCUT2D eigenvalue weighted by Crippen LogP contribution is 2.28. The molecule has 2 fully saturated rings. The normalized spacial score (nSPS) is 19.6. The van der Waals surface area contributed by atoms with Crippen LogP contribution in [0.5, 0.6) is 0 Å². The molecule has 1 saturated heterocycles. The van der Waals surface area contributed by atoms with E-state index in [-0.39, 0.29) is 11.7 Å². The van der Waals surface area contributed by atoms with Crippen LogP contribution in [-0.2, 0) is 16.1 Å². The summed E-state index contributed by atoms with van der Waals surface area (Å²) in [6.45, 7) is 2.28. The van der Waals surface area contributed by atoms with Crippen molar-refractivity contribution in [3.05, 3.63) is 24.2 Å². The number of hydrogen-bond acceptors (Lipinski definition) is 4. The SMILES string of the molecule is O=C1CCN(C(=O)CN(Cc2ccco2)C2CC2)CC1. The molecule has 0 bridgehead atoms. The van der Waals surface area contributed by atoms with Gasteiger partial charge in [-0.25, -0.2) is 0 Å². The van der Waals surface area contributed by atoms with Crippen LogP contribution in [0.2, 0.25) is 0 Å². The molecule has 1 aliphatic carbocycles. The monoisotopic (exact) mass is 276 g/mol. The van der Waals surface area contributed by atoms with E-state index >= 15 is 0 Å². The molecule has 2 heterocycles. The van der Waals surface area contributed by atoms with Gasteiger partial charge in [-0.2, -0.15) is 0 Å². The zero-order valence-corrected chi connectivity index (χ0v) is 11.6. The fourth-order valence-electron chi connectivity index (χ4n) is 2.64. The Morgan fingerprint density at radius 1 is 1.35 bits per heavy atom. The zero-order chi connectivity index (χ0) is 13.9. The van der Waals surface area contributed by atoms with Gasteiger partial charge in [0.2, 0.25) is 5.91 Å². The average Bonchev–Trinajstić information content (AvgIpc) is 3.17. The smallest absolute Gasteiger partial charge is 0.236 e. The molecular formula is C15H20N2O3. The first-order chi connectivity index (χ1) is 9.72. The maximum atomic E-state index is 12.3. The van der Waals surface area contributed by atoms with Crippen LogP contribution in [-0.4, -0.2) is 47.2 Å². The second-order valence-corrected chi connectivity index (χ2v) is 5.63. The van der Waals surface area contributed by atoms with Gasteiger partial charge in [0.05, 0.1) is 19.4 Å². The molecule has 1 amide bonds. The summed E-state index contributed by atoms with van der Waals surface area (Å²) in [5.41, 5.74) is 0. The van der Waals surface area contributed by atoms with Crippen molar-refractivity contribution < 1.29 is 14.0 Å². The summed E-state index contributed by atoms with van der Waals surface area (Å²) in [4.78, 5) is 27.6. The minimum atomic E-state index is 0.135. The lowest BCUT2D eigenvalue weighted by Crippen LogP contribution is -2.44. The van der Waals surface area contributed by atoms with Crippen LogP contribution in [0.25, 0.3) is 0 Å². The third kappa shape index (κ3) is 3.28. The number of ketones is 1. The predicted octanol–water partition coefficient (Wildman–Crippen LogP) is 1.44. The van der Waals surface area contributed by atoms with Crippen LogP contribution < -0.4 is 0 Å². The Kier molecular flexibility index (Phi) is 3.87. The van der Waals surface area contributed by atoms with E-state index in [1.807, 2.05) is 17.0 Å². The van der Waals surface area contributed by atoms with Gasteiger partial charge in [-0.3, -0.25) is 14.5 Å². The van der Waals surface area contributed by atoms with E-state index in [2.05, 4.69) is 4.90 Å². The number of rotatable bonds is 5. The molecule has 108 valence electrons. The van der Waals surface area contributed by atoms with Gasteiger partial charge >= 0.3 is 0 Å². The summed E-state index contributed by atoms with van der Waals surface area (Å²) in [5, 5.41) is 0. The minimum absolute atomic E-state index is 0.135. The Bertz CT molecular complexity index is 469. The third-order valence-corrected chi connectivity index (χ3v) is 4.01. The van der Waals surface area contributed by atoms with Crippen molar-refractivity contribution in [1.29, 1.82) is 0 Å². The van der Waals surface area contributed by atoms with Crippen LogP contribution in [0.1, 0.15) is 31.4 Å². The van der Waals surface area contributed by atoms with Crippen LogP contribution in [0.4, 0.5) is 0 Å². The van der Waals surface area contributed by atoms with Crippen molar-refractivity contribution in [2.45, 2.75) is 38.3 Å². The Morgan fingerprint density at radius 2 is 2.10 bits per heavy atom. The first-order valence-electron chi connectivity index (χ1n) is 7.28. The van der Waals surface area contributed by atoms with Crippen LogP contribution >= 0.6 is 0 Å². The summed E-state index contributed by atoms with van der Waals surface area (Å²) in [7, 11) is 0. The minimum Gasteiger partial charge on any atom is -0.468 e. The fraction of sp³-hybridized carbons (Fsp3) is 0.600. The number of piperidine rings is 1. The molecule has 1 aromatic heterocycles. The first kappa shape index (κ1) is 13.4. The standard InChI is InChI=1S/C15H20N2O3/c18-13-5-7-16(8-6-13)15(19)11-17(12-3-4-12)10-14-2-1-9-20-14/h1-2,9,12H,3-8,10-11H2. The predicted molar refractivity (Wildman–Crippen MR) is 73.0 cm³/mol. The van der Waals surface area contributed by atoms with Crippen molar-refractivity contribution in [3.63, 3.8) is 0 Å². The van der Waals surface area contributed by atoms with Crippen molar-refractivity contribution in [2.75, 3.05) is 19.6 Å². The van der Waals surface area contributed by atoms with Crippen LogP contribution in [0.15, 0.2) is 22.8 Å². The molecule has 5 nitrogen and oxygen atoms in total. The lowest BCUT2D eigenvalue weighted by molar-refractivity contribution is -0.135. The highest BCUT2D eigenvalue weighted by atomic mass is 16.3. The quantitative estimate of drug-likeness (QED) is 0.816. The first-order valence-corrected chi connectivity index (χ1v) is 7.28. The Balaban J connectivity index is 1.56. The third-order valence-electron chi connectivity index (χ3n) is 4.01. The number of furan rings is 1. The Labute approximate surface area is 118 Å². The Morgan fingerprint density at radius 3 is 2.70 bits per heavy atom. The van der Waals surface area contributed by atoms with Crippen molar-refractivity contribution in [2.24, 2.45) is 0 Å². The number of carbonyl (C=O) groups excluding carboxylic acids is 2. The van der Waals surface area contributed by atoms with Gasteiger partial charge in [-0.1, -0.05) is 0 Å². The van der Waals surface area contributed by atoms with E-state index in [0.717, 1.165) is 18.6 Å². The molecule has 3 rings (SSSR count). The Hall–Kier alpha value is -1.62. The maximum Gasteiger partial charge on any atom is 0.236 e. The van der Waals surface area contributed by atoms with Crippen molar-refractivity contribution in [3.8, 4) is 0 Å². The molecule has 0 unspecified atom stereocenters. The lowest BCUT2D eigenvalue weighted by atomic mass is 10.1. The summed E-state index contributed by atoms with van der Waals surface area (Å²) in [5.74, 6) is 1.30. The fourth-order valence-corrected chi connectivity index (χ4v) is 2.64. The summed E-state index contributed by atoms with van der Waals surface area (Å²) < 4.78 is 5.37. The molecule has 0 atom stereocenters.